The quantitative estimate of drug-likeness (QED) is 0.377. The van der Waals surface area contributed by atoms with Crippen molar-refractivity contribution in [2.75, 3.05) is 13.1 Å². The van der Waals surface area contributed by atoms with E-state index in [0.717, 1.165) is 24.0 Å². The third-order valence-corrected chi connectivity index (χ3v) is 7.88. The molecule has 11 heteroatoms. The fourth-order valence-electron chi connectivity index (χ4n) is 5.07. The molecule has 1 amide bonds. The predicted molar refractivity (Wildman–Crippen MR) is 94.1 cm³/mol. The van der Waals surface area contributed by atoms with Crippen LogP contribution in [0.5, 0.6) is 0 Å². The van der Waals surface area contributed by atoms with Crippen molar-refractivity contribution >= 4 is 16.1 Å². The molecule has 2 aliphatic carbocycles. The lowest BCUT2D eigenvalue weighted by Gasteiger charge is -2.33. The molecular formula is C17H21F3N4O3S. The molecule has 0 unspecified atom stereocenters. The van der Waals surface area contributed by atoms with Gasteiger partial charge >= 0.3 is 6.18 Å². The molecule has 1 saturated heterocycles. The summed E-state index contributed by atoms with van der Waals surface area (Å²) in [6.45, 7) is -1.68. The van der Waals surface area contributed by atoms with Gasteiger partial charge in [0.2, 0.25) is 0 Å². The van der Waals surface area contributed by atoms with Crippen LogP contribution in [0.1, 0.15) is 34.3 Å². The number of carbonyl (C=O) groups is 1. The Morgan fingerprint density at radius 2 is 1.89 bits per heavy atom. The molecule has 1 heterocycles. The van der Waals surface area contributed by atoms with E-state index >= 15 is 0 Å². The predicted octanol–water partition coefficient (Wildman–Crippen LogP) is 0.866. The number of nitrogens with one attached hydrogen (secondary N) is 2. The molecule has 154 valence electrons. The third kappa shape index (κ3) is 3.19. The summed E-state index contributed by atoms with van der Waals surface area (Å²) in [5, 5.41) is 0. The molecule has 3 atom stereocenters. The van der Waals surface area contributed by atoms with Gasteiger partial charge in [0, 0.05) is 12.1 Å². The molecule has 1 saturated carbocycles. The van der Waals surface area contributed by atoms with Gasteiger partial charge in [-0.05, 0) is 60.8 Å². The normalized spacial score (nSPS) is 31.6. The van der Waals surface area contributed by atoms with Gasteiger partial charge in [-0.1, -0.05) is 6.07 Å². The van der Waals surface area contributed by atoms with E-state index in [1.807, 2.05) is 6.07 Å². The fourth-order valence-corrected chi connectivity index (χ4v) is 6.78. The van der Waals surface area contributed by atoms with Gasteiger partial charge in [-0.3, -0.25) is 10.2 Å². The third-order valence-electron chi connectivity index (χ3n) is 6.31. The van der Waals surface area contributed by atoms with Crippen molar-refractivity contribution < 1.29 is 26.4 Å². The van der Waals surface area contributed by atoms with E-state index in [4.69, 9.17) is 5.84 Å². The van der Waals surface area contributed by atoms with Crippen LogP contribution < -0.4 is 16.0 Å². The van der Waals surface area contributed by atoms with E-state index in [9.17, 15) is 26.4 Å². The highest BCUT2D eigenvalue weighted by Crippen LogP contribution is 2.50. The molecule has 1 aromatic carbocycles. The van der Waals surface area contributed by atoms with Gasteiger partial charge in [0.25, 0.3) is 16.1 Å². The summed E-state index contributed by atoms with van der Waals surface area (Å²) >= 11 is 0. The Hall–Kier alpha value is -1.69. The first-order valence-electron chi connectivity index (χ1n) is 9.02. The van der Waals surface area contributed by atoms with E-state index in [-0.39, 0.29) is 18.4 Å². The van der Waals surface area contributed by atoms with Gasteiger partial charge in [0.05, 0.1) is 5.54 Å². The van der Waals surface area contributed by atoms with E-state index < -0.39 is 34.4 Å². The van der Waals surface area contributed by atoms with Crippen LogP contribution in [-0.4, -0.2) is 43.4 Å². The van der Waals surface area contributed by atoms with Crippen LogP contribution in [0.15, 0.2) is 18.2 Å². The smallest absolute Gasteiger partial charge is 0.290 e. The fraction of sp³-hybridized carbons (Fsp3) is 0.588. The van der Waals surface area contributed by atoms with Crippen LogP contribution >= 0.6 is 0 Å². The molecule has 2 fully saturated rings. The summed E-state index contributed by atoms with van der Waals surface area (Å²) in [6.07, 6.45) is -2.08. The Kier molecular flexibility index (Phi) is 4.49. The zero-order chi connectivity index (χ0) is 20.3. The van der Waals surface area contributed by atoms with Gasteiger partial charge in [0.1, 0.15) is 6.54 Å². The van der Waals surface area contributed by atoms with E-state index in [1.165, 1.54) is 0 Å². The molecule has 1 aromatic rings. The van der Waals surface area contributed by atoms with Crippen molar-refractivity contribution in [2.45, 2.75) is 37.4 Å². The molecule has 1 aliphatic heterocycles. The summed E-state index contributed by atoms with van der Waals surface area (Å²) in [7, 11) is -4.20. The molecule has 28 heavy (non-hydrogen) atoms. The van der Waals surface area contributed by atoms with Crippen molar-refractivity contribution in [1.82, 2.24) is 14.5 Å². The lowest BCUT2D eigenvalue weighted by Crippen LogP contribution is -2.52. The Morgan fingerprint density at radius 1 is 1.25 bits per heavy atom. The highest BCUT2D eigenvalue weighted by molar-refractivity contribution is 7.87. The summed E-state index contributed by atoms with van der Waals surface area (Å²) in [6, 6.07) is 5.22. The largest absolute Gasteiger partial charge is 0.402 e. The maximum atomic E-state index is 12.9. The molecular weight excluding hydrogens is 397 g/mol. The first kappa shape index (κ1) is 19.6. The molecule has 0 radical (unpaired) electrons. The molecule has 2 bridgehead atoms. The number of nitrogen functional groups attached to an aromatic ring is 1. The van der Waals surface area contributed by atoms with Gasteiger partial charge in [-0.25, -0.2) is 5.84 Å². The molecule has 4 N–H and O–H groups in total. The van der Waals surface area contributed by atoms with E-state index in [1.54, 1.807) is 12.1 Å². The van der Waals surface area contributed by atoms with Crippen molar-refractivity contribution in [2.24, 2.45) is 17.7 Å². The number of hydrazine groups is 1. The Bertz CT molecular complexity index is 921. The highest BCUT2D eigenvalue weighted by Gasteiger charge is 2.60. The number of alkyl halides is 3. The van der Waals surface area contributed by atoms with Crippen molar-refractivity contribution in [1.29, 1.82) is 0 Å². The molecule has 3 aliphatic rings. The van der Waals surface area contributed by atoms with Crippen LogP contribution in [0.4, 0.5) is 13.2 Å². The van der Waals surface area contributed by atoms with Gasteiger partial charge in [0.15, 0.2) is 0 Å². The number of nitrogens with two attached hydrogens (primary N) is 1. The maximum absolute atomic E-state index is 12.9. The van der Waals surface area contributed by atoms with Crippen LogP contribution in [0.2, 0.25) is 0 Å². The van der Waals surface area contributed by atoms with E-state index in [0.29, 0.717) is 22.7 Å². The zero-order valence-corrected chi connectivity index (χ0v) is 15.7. The zero-order valence-electron chi connectivity index (χ0n) is 14.9. The minimum atomic E-state index is -4.60. The van der Waals surface area contributed by atoms with Crippen LogP contribution in [-0.2, 0) is 23.1 Å². The maximum Gasteiger partial charge on any atom is 0.402 e. The topological polar surface area (TPSA) is 105 Å². The van der Waals surface area contributed by atoms with Crippen molar-refractivity contribution in [3.63, 3.8) is 0 Å². The lowest BCUT2D eigenvalue weighted by atomic mass is 9.79. The lowest BCUT2D eigenvalue weighted by molar-refractivity contribution is -0.136. The summed E-state index contributed by atoms with van der Waals surface area (Å²) in [4.78, 5) is 11.8. The number of amides is 1. The van der Waals surface area contributed by atoms with Crippen LogP contribution in [0, 0.1) is 11.8 Å². The Labute approximate surface area is 160 Å². The van der Waals surface area contributed by atoms with Crippen molar-refractivity contribution in [3.8, 4) is 0 Å². The number of carbonyl (C=O) groups excluding carboxylic acids is 1. The Morgan fingerprint density at radius 3 is 2.50 bits per heavy atom. The summed E-state index contributed by atoms with van der Waals surface area (Å²) in [5.74, 6) is 4.53. The minimum absolute atomic E-state index is 0.0963. The number of nitrogens with zero attached hydrogens (tertiary/aromatic N) is 1. The average molecular weight is 418 g/mol. The second kappa shape index (κ2) is 6.41. The SMILES string of the molecule is NNC(=O)c1ccc2c(c1)C[C@H]1CC[C@@H](C2)[C@]12CN(CC(F)(F)F)S(=O)(=O)N2. The number of hydrogen-bond donors (Lipinski definition) is 3. The van der Waals surface area contributed by atoms with Crippen molar-refractivity contribution in [3.05, 3.63) is 34.9 Å². The highest BCUT2D eigenvalue weighted by atomic mass is 32.2. The second-order valence-corrected chi connectivity index (χ2v) is 9.54. The number of rotatable bonds is 2. The standard InChI is InChI=1S/C17H21F3N4O3S/c18-17(19,20)9-24-8-16(23-28(24,26)27)13-3-4-14(16)7-12-5-11(15(25)22-21)2-1-10(12)6-13/h1-2,5,13-14,23H,3-4,6-9,21H2,(H,22,25)/t13-,14+,16+/m0/s1. The van der Waals surface area contributed by atoms with Crippen LogP contribution in [0.25, 0.3) is 0 Å². The average Bonchev–Trinajstić information content (AvgIpc) is 2.97. The number of benzene rings is 1. The second-order valence-electron chi connectivity index (χ2n) is 7.87. The van der Waals surface area contributed by atoms with E-state index in [2.05, 4.69) is 10.1 Å². The molecule has 0 aromatic heterocycles. The first-order valence-corrected chi connectivity index (χ1v) is 10.5. The van der Waals surface area contributed by atoms with Gasteiger partial charge in [-0.2, -0.15) is 30.6 Å². The number of halogens is 3. The van der Waals surface area contributed by atoms with Gasteiger partial charge < -0.3 is 0 Å². The molecule has 4 rings (SSSR count). The number of fused-ring (bicyclic) bond motifs is 1. The Balaban J connectivity index is 1.67. The molecule has 7 nitrogen and oxygen atoms in total. The summed E-state index contributed by atoms with van der Waals surface area (Å²) in [5.41, 5.74) is 3.48. The summed E-state index contributed by atoms with van der Waals surface area (Å²) < 4.78 is 66.7. The minimum Gasteiger partial charge on any atom is -0.290 e. The van der Waals surface area contributed by atoms with Crippen LogP contribution in [0.3, 0.4) is 0 Å². The first-order chi connectivity index (χ1) is 13.0. The molecule has 1 spiro atoms. The monoisotopic (exact) mass is 418 g/mol. The number of hydrogen-bond acceptors (Lipinski definition) is 4. The van der Waals surface area contributed by atoms with Gasteiger partial charge in [-0.15, -0.1) is 0 Å².